The van der Waals surface area contributed by atoms with E-state index in [1.165, 1.54) is 25.7 Å². The maximum Gasteiger partial charge on any atom is 0.110 e. The van der Waals surface area contributed by atoms with Gasteiger partial charge in [-0.25, -0.2) is 4.98 Å². The van der Waals surface area contributed by atoms with Gasteiger partial charge in [-0.15, -0.1) is 0 Å². The van der Waals surface area contributed by atoms with Crippen LogP contribution in [0.4, 0.5) is 5.69 Å². The summed E-state index contributed by atoms with van der Waals surface area (Å²) >= 11 is 0. The maximum atomic E-state index is 5.82. The molecule has 1 aromatic heterocycles. The third-order valence-electron chi connectivity index (χ3n) is 4.36. The zero-order valence-corrected chi connectivity index (χ0v) is 11.2. The SMILES string of the molecule is CC1(C)CCCCC1c1nc2ccc(N)cc2[nH]1. The van der Waals surface area contributed by atoms with E-state index in [2.05, 4.69) is 18.8 Å². The first kappa shape index (κ1) is 11.6. The predicted octanol–water partition coefficient (Wildman–Crippen LogP) is 3.83. The average molecular weight is 243 g/mol. The van der Waals surface area contributed by atoms with Crippen LogP contribution >= 0.6 is 0 Å². The monoisotopic (exact) mass is 243 g/mol. The maximum absolute atomic E-state index is 5.82. The minimum absolute atomic E-state index is 0.345. The normalized spacial score (nSPS) is 23.3. The van der Waals surface area contributed by atoms with Crippen LogP contribution in [0.3, 0.4) is 0 Å². The molecule has 1 saturated carbocycles. The molecule has 0 aliphatic heterocycles. The van der Waals surface area contributed by atoms with Crippen molar-refractivity contribution < 1.29 is 0 Å². The van der Waals surface area contributed by atoms with Gasteiger partial charge in [-0.2, -0.15) is 0 Å². The van der Waals surface area contributed by atoms with Crippen LogP contribution in [0, 0.1) is 5.41 Å². The number of aromatic nitrogens is 2. The third-order valence-corrected chi connectivity index (χ3v) is 4.36. The quantitative estimate of drug-likeness (QED) is 0.748. The van der Waals surface area contributed by atoms with Crippen LogP contribution in [0.15, 0.2) is 18.2 Å². The van der Waals surface area contributed by atoms with Crippen LogP contribution in [0.1, 0.15) is 51.3 Å². The van der Waals surface area contributed by atoms with Crippen molar-refractivity contribution in [2.24, 2.45) is 5.41 Å². The second-order valence-electron chi connectivity index (χ2n) is 6.19. The molecule has 3 N–H and O–H groups in total. The van der Waals surface area contributed by atoms with Gasteiger partial charge in [0, 0.05) is 11.6 Å². The lowest BCUT2D eigenvalue weighted by atomic mass is 9.68. The fraction of sp³-hybridized carbons (Fsp3) is 0.533. The molecule has 0 bridgehead atoms. The minimum atomic E-state index is 0.345. The highest BCUT2D eigenvalue weighted by atomic mass is 14.9. The Labute approximate surface area is 108 Å². The number of nitrogen functional groups attached to an aromatic ring is 1. The summed E-state index contributed by atoms with van der Waals surface area (Å²) in [7, 11) is 0. The molecular weight excluding hydrogens is 222 g/mol. The van der Waals surface area contributed by atoms with E-state index < -0.39 is 0 Å². The van der Waals surface area contributed by atoms with Gasteiger partial charge in [-0.1, -0.05) is 26.7 Å². The smallest absolute Gasteiger partial charge is 0.110 e. The van der Waals surface area contributed by atoms with Gasteiger partial charge in [0.15, 0.2) is 0 Å². The highest BCUT2D eigenvalue weighted by molar-refractivity contribution is 5.78. The van der Waals surface area contributed by atoms with E-state index >= 15 is 0 Å². The van der Waals surface area contributed by atoms with Gasteiger partial charge >= 0.3 is 0 Å². The number of nitrogens with two attached hydrogens (primary N) is 1. The highest BCUT2D eigenvalue weighted by Gasteiger charge is 2.35. The Morgan fingerprint density at radius 1 is 1.33 bits per heavy atom. The van der Waals surface area contributed by atoms with Gasteiger partial charge in [-0.3, -0.25) is 0 Å². The molecule has 1 fully saturated rings. The molecule has 1 aromatic carbocycles. The average Bonchev–Trinajstić information content (AvgIpc) is 2.70. The van der Waals surface area contributed by atoms with Crippen LogP contribution in [0.5, 0.6) is 0 Å². The van der Waals surface area contributed by atoms with E-state index in [-0.39, 0.29) is 0 Å². The van der Waals surface area contributed by atoms with Gasteiger partial charge in [0.25, 0.3) is 0 Å². The first-order valence-corrected chi connectivity index (χ1v) is 6.81. The molecule has 0 spiro atoms. The number of nitrogens with zero attached hydrogens (tertiary/aromatic N) is 1. The molecule has 0 saturated heterocycles. The number of imidazole rings is 1. The summed E-state index contributed by atoms with van der Waals surface area (Å²) in [5.74, 6) is 1.68. The standard InChI is InChI=1S/C15H21N3/c1-15(2)8-4-3-5-11(15)14-17-12-7-6-10(16)9-13(12)18-14/h6-7,9,11H,3-5,8,16H2,1-2H3,(H,17,18). The van der Waals surface area contributed by atoms with Gasteiger partial charge in [-0.05, 0) is 36.5 Å². The van der Waals surface area contributed by atoms with Crippen molar-refractivity contribution in [1.82, 2.24) is 9.97 Å². The molecule has 1 unspecified atom stereocenters. The van der Waals surface area contributed by atoms with Gasteiger partial charge < -0.3 is 10.7 Å². The lowest BCUT2D eigenvalue weighted by Gasteiger charge is -2.37. The molecule has 3 heteroatoms. The fourth-order valence-corrected chi connectivity index (χ4v) is 3.21. The van der Waals surface area contributed by atoms with Crippen LogP contribution in [-0.2, 0) is 0 Å². The van der Waals surface area contributed by atoms with E-state index in [0.29, 0.717) is 11.3 Å². The Balaban J connectivity index is 2.03. The van der Waals surface area contributed by atoms with Crippen molar-refractivity contribution in [3.05, 3.63) is 24.0 Å². The number of benzene rings is 1. The van der Waals surface area contributed by atoms with Gasteiger partial charge in [0.2, 0.25) is 0 Å². The molecule has 0 amide bonds. The Morgan fingerprint density at radius 2 is 2.17 bits per heavy atom. The molecule has 1 aliphatic rings. The number of H-pyrrole nitrogens is 1. The molecule has 18 heavy (non-hydrogen) atoms. The molecule has 0 radical (unpaired) electrons. The van der Waals surface area contributed by atoms with Crippen molar-refractivity contribution in [2.45, 2.75) is 45.4 Å². The second-order valence-corrected chi connectivity index (χ2v) is 6.19. The number of hydrogen-bond acceptors (Lipinski definition) is 2. The van der Waals surface area contributed by atoms with E-state index in [1.54, 1.807) is 0 Å². The predicted molar refractivity (Wildman–Crippen MR) is 75.5 cm³/mol. The topological polar surface area (TPSA) is 54.7 Å². The second kappa shape index (κ2) is 4.01. The van der Waals surface area contributed by atoms with Crippen molar-refractivity contribution >= 4 is 16.7 Å². The fourth-order valence-electron chi connectivity index (χ4n) is 3.21. The van der Waals surface area contributed by atoms with Crippen LogP contribution in [0.2, 0.25) is 0 Å². The summed E-state index contributed by atoms with van der Waals surface area (Å²) in [4.78, 5) is 8.23. The Hall–Kier alpha value is -1.51. The molecule has 1 heterocycles. The Bertz CT molecular complexity index is 568. The van der Waals surface area contributed by atoms with Crippen molar-refractivity contribution in [2.75, 3.05) is 5.73 Å². The van der Waals surface area contributed by atoms with Crippen LogP contribution in [-0.4, -0.2) is 9.97 Å². The number of hydrogen-bond donors (Lipinski definition) is 2. The summed E-state index contributed by atoms with van der Waals surface area (Å²) in [5.41, 5.74) is 9.04. The van der Waals surface area contributed by atoms with Crippen molar-refractivity contribution in [3.8, 4) is 0 Å². The number of rotatable bonds is 1. The zero-order chi connectivity index (χ0) is 12.8. The summed E-state index contributed by atoms with van der Waals surface area (Å²) in [6.07, 6.45) is 5.18. The summed E-state index contributed by atoms with van der Waals surface area (Å²) in [6.45, 7) is 4.72. The van der Waals surface area contributed by atoms with Crippen molar-refractivity contribution in [1.29, 1.82) is 0 Å². The Morgan fingerprint density at radius 3 is 2.94 bits per heavy atom. The van der Waals surface area contributed by atoms with Crippen LogP contribution < -0.4 is 5.73 Å². The molecule has 1 aliphatic carbocycles. The minimum Gasteiger partial charge on any atom is -0.399 e. The zero-order valence-electron chi connectivity index (χ0n) is 11.2. The van der Waals surface area contributed by atoms with E-state index in [0.717, 1.165) is 22.5 Å². The molecule has 2 aromatic rings. The first-order chi connectivity index (χ1) is 8.56. The number of fused-ring (bicyclic) bond motifs is 1. The number of aromatic amines is 1. The van der Waals surface area contributed by atoms with Crippen molar-refractivity contribution in [3.63, 3.8) is 0 Å². The largest absolute Gasteiger partial charge is 0.399 e. The summed E-state index contributed by atoms with van der Waals surface area (Å²) in [5, 5.41) is 0. The third kappa shape index (κ3) is 1.88. The molecule has 96 valence electrons. The summed E-state index contributed by atoms with van der Waals surface area (Å²) in [6, 6.07) is 5.89. The van der Waals surface area contributed by atoms with Gasteiger partial charge in [0.05, 0.1) is 11.0 Å². The molecular formula is C15H21N3. The lowest BCUT2D eigenvalue weighted by Crippen LogP contribution is -2.26. The van der Waals surface area contributed by atoms with Gasteiger partial charge in [0.1, 0.15) is 5.82 Å². The van der Waals surface area contributed by atoms with E-state index in [1.807, 2.05) is 18.2 Å². The van der Waals surface area contributed by atoms with E-state index in [9.17, 15) is 0 Å². The highest BCUT2D eigenvalue weighted by Crippen LogP contribution is 2.46. The molecule has 3 rings (SSSR count). The Kier molecular flexibility index (Phi) is 2.58. The van der Waals surface area contributed by atoms with E-state index in [4.69, 9.17) is 10.7 Å². The molecule has 3 nitrogen and oxygen atoms in total. The lowest BCUT2D eigenvalue weighted by molar-refractivity contribution is 0.193. The molecule has 1 atom stereocenters. The number of anilines is 1. The summed E-state index contributed by atoms with van der Waals surface area (Å²) < 4.78 is 0. The number of nitrogens with one attached hydrogen (secondary N) is 1. The first-order valence-electron chi connectivity index (χ1n) is 6.81. The van der Waals surface area contributed by atoms with Crippen LogP contribution in [0.25, 0.3) is 11.0 Å².